The number of nitro benzene ring substituents is 1. The molecule has 1 rings (SSSR count). The van der Waals surface area contributed by atoms with Crippen LogP contribution in [-0.2, 0) is 0 Å². The molecule has 0 aliphatic rings. The number of nitrogens with zero attached hydrogens (tertiary/aromatic N) is 2. The first kappa shape index (κ1) is 26.1. The van der Waals surface area contributed by atoms with Gasteiger partial charge in [-0.05, 0) is 12.5 Å². The summed E-state index contributed by atoms with van der Waals surface area (Å²) in [6.45, 7) is 2.35. The summed E-state index contributed by atoms with van der Waals surface area (Å²) in [5, 5.41) is 20.4. The number of aliphatic hydroxyl groups excluding tert-OH is 1. The van der Waals surface area contributed by atoms with Crippen LogP contribution in [0.3, 0.4) is 0 Å². The molecule has 0 radical (unpaired) electrons. The molecule has 0 bridgehead atoms. The number of rotatable bonds is 18. The lowest BCUT2D eigenvalue weighted by Gasteiger charge is -2.19. The largest absolute Gasteiger partial charge is 0.376 e. The van der Waals surface area contributed by atoms with Crippen molar-refractivity contribution >= 4 is 11.6 Å². The quantitative estimate of drug-likeness (QED) is 0.128. The van der Waals surface area contributed by atoms with Crippen molar-refractivity contribution in [3.8, 4) is 0 Å². The average Bonchev–Trinajstić information content (AvgIpc) is 2.76. The van der Waals surface area contributed by atoms with Crippen LogP contribution in [0.2, 0.25) is 0 Å². The second-order valence-corrected chi connectivity index (χ2v) is 8.11. The number of aliphatic hydroxyl groups is 1. The monoisotopic (exact) mass is 420 g/mol. The molecule has 0 aliphatic carbocycles. The minimum Gasteiger partial charge on any atom is -0.376 e. The van der Waals surface area contributed by atoms with E-state index in [4.69, 9.17) is 0 Å². The Labute approximate surface area is 181 Å². The van der Waals surface area contributed by atoms with Crippen LogP contribution in [0.5, 0.6) is 0 Å². The first-order valence-corrected chi connectivity index (χ1v) is 11.7. The summed E-state index contributed by atoms with van der Waals surface area (Å²) < 4.78 is 0. The first-order chi connectivity index (χ1) is 14.6. The van der Waals surface area contributed by atoms with E-state index in [0.29, 0.717) is 6.54 Å². The third kappa shape index (κ3) is 11.3. The Morgan fingerprint density at radius 1 is 0.900 bits per heavy atom. The minimum atomic E-state index is -0.520. The van der Waals surface area contributed by atoms with Crippen LogP contribution in [-0.4, -0.2) is 34.1 Å². The molecule has 30 heavy (non-hydrogen) atoms. The number of amides is 1. The van der Waals surface area contributed by atoms with Gasteiger partial charge < -0.3 is 10.0 Å². The van der Waals surface area contributed by atoms with E-state index in [1.165, 1.54) is 93.7 Å². The SMILES string of the molecule is CCCCCCCCCCCCCCCCN(CO)C(=O)c1cccc([N+](=O)[O-])c1. The van der Waals surface area contributed by atoms with Crippen LogP contribution < -0.4 is 0 Å². The van der Waals surface area contributed by atoms with Crippen molar-refractivity contribution in [2.24, 2.45) is 0 Å². The smallest absolute Gasteiger partial charge is 0.270 e. The molecule has 0 saturated carbocycles. The van der Waals surface area contributed by atoms with E-state index in [1.54, 1.807) is 6.07 Å². The summed E-state index contributed by atoms with van der Waals surface area (Å²) in [7, 11) is 0. The summed E-state index contributed by atoms with van der Waals surface area (Å²) in [4.78, 5) is 24.2. The number of hydrogen-bond donors (Lipinski definition) is 1. The second-order valence-electron chi connectivity index (χ2n) is 8.11. The van der Waals surface area contributed by atoms with Crippen molar-refractivity contribution in [2.45, 2.75) is 96.8 Å². The lowest BCUT2D eigenvalue weighted by molar-refractivity contribution is -0.384. The normalized spacial score (nSPS) is 10.9. The summed E-state index contributed by atoms with van der Waals surface area (Å²) in [6, 6.07) is 5.65. The van der Waals surface area contributed by atoms with Gasteiger partial charge in [-0.2, -0.15) is 0 Å². The highest BCUT2D eigenvalue weighted by atomic mass is 16.6. The van der Waals surface area contributed by atoms with Crippen LogP contribution in [0.4, 0.5) is 5.69 Å². The van der Waals surface area contributed by atoms with Gasteiger partial charge in [0.1, 0.15) is 6.73 Å². The van der Waals surface area contributed by atoms with E-state index in [-0.39, 0.29) is 23.9 Å². The van der Waals surface area contributed by atoms with Gasteiger partial charge in [-0.15, -0.1) is 0 Å². The average molecular weight is 421 g/mol. The molecule has 0 fully saturated rings. The third-order valence-corrected chi connectivity index (χ3v) is 5.54. The van der Waals surface area contributed by atoms with E-state index < -0.39 is 4.92 Å². The maximum Gasteiger partial charge on any atom is 0.270 e. The van der Waals surface area contributed by atoms with Crippen LogP contribution >= 0.6 is 0 Å². The maximum absolute atomic E-state index is 12.5. The van der Waals surface area contributed by atoms with E-state index >= 15 is 0 Å². The van der Waals surface area contributed by atoms with Crippen molar-refractivity contribution < 1.29 is 14.8 Å². The number of carbonyl (C=O) groups is 1. The van der Waals surface area contributed by atoms with Crippen molar-refractivity contribution in [2.75, 3.05) is 13.3 Å². The Hall–Kier alpha value is -1.95. The number of unbranched alkanes of at least 4 members (excludes halogenated alkanes) is 13. The van der Waals surface area contributed by atoms with Crippen LogP contribution in [0.15, 0.2) is 24.3 Å². The predicted molar refractivity (Wildman–Crippen MR) is 122 cm³/mol. The number of benzene rings is 1. The molecule has 1 amide bonds. The van der Waals surface area contributed by atoms with E-state index in [0.717, 1.165) is 19.3 Å². The second kappa shape index (κ2) is 16.8. The molecule has 0 unspecified atom stereocenters. The Balaban J connectivity index is 2.09. The van der Waals surface area contributed by atoms with Crippen LogP contribution in [0.25, 0.3) is 0 Å². The van der Waals surface area contributed by atoms with Crippen molar-refractivity contribution in [3.63, 3.8) is 0 Å². The molecule has 0 aliphatic heterocycles. The third-order valence-electron chi connectivity index (χ3n) is 5.54. The van der Waals surface area contributed by atoms with Gasteiger partial charge in [-0.25, -0.2) is 0 Å². The first-order valence-electron chi connectivity index (χ1n) is 11.7. The van der Waals surface area contributed by atoms with Crippen LogP contribution in [0, 0.1) is 10.1 Å². The molecule has 6 heteroatoms. The highest BCUT2D eigenvalue weighted by Crippen LogP contribution is 2.16. The topological polar surface area (TPSA) is 83.7 Å². The maximum atomic E-state index is 12.5. The lowest BCUT2D eigenvalue weighted by Crippen LogP contribution is -2.32. The molecule has 1 aromatic rings. The molecule has 0 aromatic heterocycles. The molecule has 0 spiro atoms. The van der Waals surface area contributed by atoms with Gasteiger partial charge in [-0.1, -0.05) is 96.5 Å². The standard InChI is InChI=1S/C24H40N2O4/c1-2-3-4-5-6-7-8-9-10-11-12-13-14-15-19-25(21-27)24(28)22-17-16-18-23(20-22)26(29)30/h16-18,20,27H,2-15,19,21H2,1H3. The fraction of sp³-hybridized carbons (Fsp3) is 0.708. The minimum absolute atomic E-state index is 0.116. The van der Waals surface area contributed by atoms with Crippen molar-refractivity contribution in [1.29, 1.82) is 0 Å². The van der Waals surface area contributed by atoms with Crippen LogP contribution in [0.1, 0.15) is 107 Å². The Kier molecular flexibility index (Phi) is 14.6. The molecular weight excluding hydrogens is 380 g/mol. The zero-order chi connectivity index (χ0) is 22.0. The van der Waals surface area contributed by atoms with Gasteiger partial charge in [0, 0.05) is 24.2 Å². The van der Waals surface area contributed by atoms with Crippen molar-refractivity contribution in [3.05, 3.63) is 39.9 Å². The molecule has 0 saturated heterocycles. The number of hydrogen-bond acceptors (Lipinski definition) is 4. The van der Waals surface area contributed by atoms with Gasteiger partial charge in [0.05, 0.1) is 4.92 Å². The number of non-ortho nitro benzene ring substituents is 1. The Morgan fingerprint density at radius 3 is 1.87 bits per heavy atom. The van der Waals surface area contributed by atoms with Gasteiger partial charge in [0.2, 0.25) is 0 Å². The predicted octanol–water partition coefficient (Wildman–Crippen LogP) is 6.47. The summed E-state index contributed by atoms with van der Waals surface area (Å²) in [5.74, 6) is -0.365. The molecule has 0 heterocycles. The summed E-state index contributed by atoms with van der Waals surface area (Å²) >= 11 is 0. The molecule has 1 aromatic carbocycles. The van der Waals surface area contributed by atoms with Gasteiger partial charge in [-0.3, -0.25) is 14.9 Å². The van der Waals surface area contributed by atoms with E-state index in [9.17, 15) is 20.0 Å². The molecule has 1 N–H and O–H groups in total. The molecule has 6 nitrogen and oxygen atoms in total. The molecular formula is C24H40N2O4. The van der Waals surface area contributed by atoms with Gasteiger partial charge in [0.15, 0.2) is 0 Å². The van der Waals surface area contributed by atoms with E-state index in [2.05, 4.69) is 6.92 Å². The summed E-state index contributed by atoms with van der Waals surface area (Å²) in [6.07, 6.45) is 17.7. The van der Waals surface area contributed by atoms with Gasteiger partial charge in [0.25, 0.3) is 11.6 Å². The number of carbonyl (C=O) groups excluding carboxylic acids is 1. The fourth-order valence-corrected chi connectivity index (χ4v) is 3.67. The van der Waals surface area contributed by atoms with E-state index in [1.807, 2.05) is 0 Å². The highest BCUT2D eigenvalue weighted by molar-refractivity contribution is 5.94. The number of nitro groups is 1. The zero-order valence-electron chi connectivity index (χ0n) is 18.7. The summed E-state index contributed by atoms with van der Waals surface area (Å²) in [5.41, 5.74) is 0.124. The van der Waals surface area contributed by atoms with Gasteiger partial charge >= 0.3 is 0 Å². The van der Waals surface area contributed by atoms with Crippen molar-refractivity contribution in [1.82, 2.24) is 4.90 Å². The molecule has 170 valence electrons. The Bertz CT molecular complexity index is 607. The lowest BCUT2D eigenvalue weighted by atomic mass is 10.0. The Morgan fingerprint density at radius 2 is 1.40 bits per heavy atom. The highest BCUT2D eigenvalue weighted by Gasteiger charge is 2.17. The fourth-order valence-electron chi connectivity index (χ4n) is 3.67. The molecule has 0 atom stereocenters. The zero-order valence-corrected chi connectivity index (χ0v) is 18.7.